The monoisotopic (exact) mass is 334 g/mol. The molecule has 1 heterocycles. The number of rotatable bonds is 5. The van der Waals surface area contributed by atoms with Crippen molar-refractivity contribution in [3.63, 3.8) is 0 Å². The van der Waals surface area contributed by atoms with E-state index in [1.807, 2.05) is 31.2 Å². The number of benzene rings is 2. The number of amides is 1. The van der Waals surface area contributed by atoms with Gasteiger partial charge in [0.05, 0.1) is 6.42 Å². The zero-order chi connectivity index (χ0) is 18.0. The zero-order valence-corrected chi connectivity index (χ0v) is 15.4. The smallest absolute Gasteiger partial charge is 0.224 e. The molecule has 0 atom stereocenters. The van der Waals surface area contributed by atoms with Gasteiger partial charge in [-0.05, 0) is 31.0 Å². The number of nitrogens with one attached hydrogen (secondary N) is 2. The Balaban J connectivity index is 1.73. The molecule has 3 heteroatoms. The Kier molecular flexibility index (Phi) is 4.67. The van der Waals surface area contributed by atoms with Crippen molar-refractivity contribution in [1.82, 2.24) is 10.3 Å². The number of aryl methyl sites for hydroxylation is 2. The van der Waals surface area contributed by atoms with Gasteiger partial charge >= 0.3 is 0 Å². The number of carbonyl (C=O) groups is 1. The number of H-pyrrole nitrogens is 1. The molecule has 3 rings (SSSR count). The standard InChI is InChI=1S/C22H26N2O/c1-15-8-7-9-17(12-15)13-20(25)23-14-22(3,4)21-16(2)24-19-11-6-5-10-18(19)21/h5-12,24H,13-14H2,1-4H3,(H,23,25). The second-order valence-corrected chi connectivity index (χ2v) is 7.50. The van der Waals surface area contributed by atoms with Gasteiger partial charge in [0.15, 0.2) is 0 Å². The highest BCUT2D eigenvalue weighted by molar-refractivity contribution is 5.86. The minimum absolute atomic E-state index is 0.0659. The van der Waals surface area contributed by atoms with E-state index < -0.39 is 0 Å². The van der Waals surface area contributed by atoms with Gasteiger partial charge in [-0.3, -0.25) is 4.79 Å². The second-order valence-electron chi connectivity index (χ2n) is 7.50. The fraction of sp³-hybridized carbons (Fsp3) is 0.318. The number of para-hydroxylation sites is 1. The normalized spacial score (nSPS) is 11.7. The quantitative estimate of drug-likeness (QED) is 0.713. The largest absolute Gasteiger partial charge is 0.358 e. The number of hydrogen-bond acceptors (Lipinski definition) is 1. The lowest BCUT2D eigenvalue weighted by atomic mass is 9.82. The van der Waals surface area contributed by atoms with Crippen LogP contribution >= 0.6 is 0 Å². The van der Waals surface area contributed by atoms with Crippen LogP contribution in [-0.4, -0.2) is 17.4 Å². The molecule has 0 aliphatic rings. The van der Waals surface area contributed by atoms with E-state index in [-0.39, 0.29) is 11.3 Å². The van der Waals surface area contributed by atoms with E-state index in [1.165, 1.54) is 22.2 Å². The molecule has 3 aromatic rings. The van der Waals surface area contributed by atoms with Crippen molar-refractivity contribution in [1.29, 1.82) is 0 Å². The van der Waals surface area contributed by atoms with Crippen LogP contribution in [0.5, 0.6) is 0 Å². The minimum Gasteiger partial charge on any atom is -0.358 e. The SMILES string of the molecule is Cc1cccc(CC(=O)NCC(C)(C)c2c(C)[nH]c3ccccc23)c1. The summed E-state index contributed by atoms with van der Waals surface area (Å²) in [7, 11) is 0. The molecule has 0 radical (unpaired) electrons. The fourth-order valence-corrected chi connectivity index (χ4v) is 3.63. The third-order valence-electron chi connectivity index (χ3n) is 4.75. The Hall–Kier alpha value is -2.55. The van der Waals surface area contributed by atoms with E-state index in [0.29, 0.717) is 13.0 Å². The van der Waals surface area contributed by atoms with E-state index >= 15 is 0 Å². The van der Waals surface area contributed by atoms with Crippen LogP contribution in [0.1, 0.15) is 36.2 Å². The first-order chi connectivity index (χ1) is 11.9. The van der Waals surface area contributed by atoms with Crippen LogP contribution in [0.25, 0.3) is 10.9 Å². The Bertz CT molecular complexity index is 905. The maximum Gasteiger partial charge on any atom is 0.224 e. The van der Waals surface area contributed by atoms with Crippen LogP contribution < -0.4 is 5.32 Å². The van der Waals surface area contributed by atoms with E-state index in [0.717, 1.165) is 11.1 Å². The molecule has 1 amide bonds. The molecule has 130 valence electrons. The lowest BCUT2D eigenvalue weighted by Crippen LogP contribution is -2.37. The predicted octanol–water partition coefficient (Wildman–Crippen LogP) is 4.42. The average Bonchev–Trinajstić information content (AvgIpc) is 2.89. The van der Waals surface area contributed by atoms with Crippen molar-refractivity contribution >= 4 is 16.8 Å². The molecular weight excluding hydrogens is 308 g/mol. The Morgan fingerprint density at radius 2 is 1.84 bits per heavy atom. The van der Waals surface area contributed by atoms with Gasteiger partial charge in [0.2, 0.25) is 5.91 Å². The summed E-state index contributed by atoms with van der Waals surface area (Å²) in [5.74, 6) is 0.0659. The molecule has 25 heavy (non-hydrogen) atoms. The molecule has 2 N–H and O–H groups in total. The van der Waals surface area contributed by atoms with E-state index in [1.54, 1.807) is 0 Å². The molecule has 0 saturated carbocycles. The van der Waals surface area contributed by atoms with Crippen molar-refractivity contribution in [2.24, 2.45) is 0 Å². The summed E-state index contributed by atoms with van der Waals surface area (Å²) in [6, 6.07) is 16.4. The molecule has 0 saturated heterocycles. The lowest BCUT2D eigenvalue weighted by Gasteiger charge is -2.26. The van der Waals surface area contributed by atoms with Crippen LogP contribution in [0.4, 0.5) is 0 Å². The van der Waals surface area contributed by atoms with Crippen LogP contribution in [0.2, 0.25) is 0 Å². The predicted molar refractivity (Wildman–Crippen MR) is 104 cm³/mol. The summed E-state index contributed by atoms with van der Waals surface area (Å²) in [6.45, 7) is 9.13. The molecule has 1 aromatic heterocycles. The summed E-state index contributed by atoms with van der Waals surface area (Å²) in [5, 5.41) is 4.35. The van der Waals surface area contributed by atoms with E-state index in [2.05, 4.69) is 55.3 Å². The van der Waals surface area contributed by atoms with Gasteiger partial charge in [-0.15, -0.1) is 0 Å². The van der Waals surface area contributed by atoms with Crippen molar-refractivity contribution in [3.05, 3.63) is 70.9 Å². The van der Waals surface area contributed by atoms with Gasteiger partial charge < -0.3 is 10.3 Å². The molecule has 0 aliphatic heterocycles. The van der Waals surface area contributed by atoms with Gasteiger partial charge in [-0.2, -0.15) is 0 Å². The van der Waals surface area contributed by atoms with E-state index in [4.69, 9.17) is 0 Å². The van der Waals surface area contributed by atoms with Crippen LogP contribution in [-0.2, 0) is 16.6 Å². The number of aromatic amines is 1. The summed E-state index contributed by atoms with van der Waals surface area (Å²) >= 11 is 0. The summed E-state index contributed by atoms with van der Waals surface area (Å²) in [4.78, 5) is 15.8. The summed E-state index contributed by atoms with van der Waals surface area (Å²) in [6.07, 6.45) is 0.421. The number of aromatic nitrogens is 1. The zero-order valence-electron chi connectivity index (χ0n) is 15.4. The fourth-order valence-electron chi connectivity index (χ4n) is 3.63. The summed E-state index contributed by atoms with van der Waals surface area (Å²) < 4.78 is 0. The molecule has 3 nitrogen and oxygen atoms in total. The van der Waals surface area contributed by atoms with Gasteiger partial charge in [0.25, 0.3) is 0 Å². The Morgan fingerprint density at radius 3 is 2.60 bits per heavy atom. The average molecular weight is 334 g/mol. The first-order valence-electron chi connectivity index (χ1n) is 8.77. The summed E-state index contributed by atoms with van der Waals surface area (Å²) in [5.41, 5.74) is 5.68. The topological polar surface area (TPSA) is 44.9 Å². The van der Waals surface area contributed by atoms with Crippen LogP contribution in [0, 0.1) is 13.8 Å². The molecule has 0 unspecified atom stereocenters. The highest BCUT2D eigenvalue weighted by atomic mass is 16.1. The van der Waals surface area contributed by atoms with Crippen molar-refractivity contribution in [3.8, 4) is 0 Å². The van der Waals surface area contributed by atoms with Gasteiger partial charge in [0.1, 0.15) is 0 Å². The van der Waals surface area contributed by atoms with Crippen molar-refractivity contribution in [2.45, 2.75) is 39.5 Å². The first kappa shape index (κ1) is 17.3. The van der Waals surface area contributed by atoms with E-state index in [9.17, 15) is 4.79 Å². The van der Waals surface area contributed by atoms with Crippen LogP contribution in [0.3, 0.4) is 0 Å². The number of carbonyl (C=O) groups excluding carboxylic acids is 1. The highest BCUT2D eigenvalue weighted by Crippen LogP contribution is 2.32. The van der Waals surface area contributed by atoms with Crippen LogP contribution in [0.15, 0.2) is 48.5 Å². The maximum absolute atomic E-state index is 12.4. The van der Waals surface area contributed by atoms with Gasteiger partial charge in [-0.25, -0.2) is 0 Å². The van der Waals surface area contributed by atoms with Gasteiger partial charge in [-0.1, -0.05) is 61.9 Å². The molecular formula is C22H26N2O. The number of hydrogen-bond donors (Lipinski definition) is 2. The molecule has 0 aliphatic carbocycles. The third-order valence-corrected chi connectivity index (χ3v) is 4.75. The highest BCUT2D eigenvalue weighted by Gasteiger charge is 2.26. The molecule has 0 spiro atoms. The lowest BCUT2D eigenvalue weighted by molar-refractivity contribution is -0.120. The van der Waals surface area contributed by atoms with Gasteiger partial charge in [0, 0.05) is 28.6 Å². The Labute approximate surface area is 149 Å². The number of fused-ring (bicyclic) bond motifs is 1. The second kappa shape index (κ2) is 6.75. The molecule has 0 fully saturated rings. The first-order valence-corrected chi connectivity index (χ1v) is 8.77. The molecule has 0 bridgehead atoms. The third kappa shape index (κ3) is 3.76. The Morgan fingerprint density at radius 1 is 1.08 bits per heavy atom. The minimum atomic E-state index is -0.147. The van der Waals surface area contributed by atoms with Crippen molar-refractivity contribution in [2.75, 3.05) is 6.54 Å². The maximum atomic E-state index is 12.4. The molecule has 2 aromatic carbocycles. The van der Waals surface area contributed by atoms with Crippen molar-refractivity contribution < 1.29 is 4.79 Å².